The van der Waals surface area contributed by atoms with Crippen LogP contribution in [0.15, 0.2) is 42.0 Å². The molecule has 0 amide bonds. The minimum atomic E-state index is -5.12. The molecule has 0 aliphatic heterocycles. The lowest BCUT2D eigenvalue weighted by molar-refractivity contribution is 0.190. The van der Waals surface area contributed by atoms with Crippen LogP contribution in [0.3, 0.4) is 0 Å². The van der Waals surface area contributed by atoms with Gasteiger partial charge >= 0.3 is 15.6 Å². The highest BCUT2D eigenvalue weighted by atomic mass is 31.3. The van der Waals surface area contributed by atoms with Crippen LogP contribution in [-0.4, -0.2) is 33.0 Å². The average Bonchev–Trinajstić information content (AvgIpc) is 2.35. The summed E-state index contributed by atoms with van der Waals surface area (Å²) < 4.78 is 29.6. The number of hydrogen-bond acceptors (Lipinski definition) is 5. The van der Waals surface area contributed by atoms with E-state index in [9.17, 15) is 14.2 Å². The molecule has 0 aliphatic carbocycles. The van der Waals surface area contributed by atoms with Gasteiger partial charge in [0.2, 0.25) is 0 Å². The molecule has 8 nitrogen and oxygen atoms in total. The van der Waals surface area contributed by atoms with E-state index in [1.54, 1.807) is 0 Å². The normalized spacial score (nSPS) is 15.7. The fourth-order valence-corrected chi connectivity index (χ4v) is 2.98. The summed E-state index contributed by atoms with van der Waals surface area (Å²) in [6.07, 6.45) is 1.76. The van der Waals surface area contributed by atoms with E-state index in [4.69, 9.17) is 14.7 Å². The molecule has 0 radical (unpaired) electrons. The van der Waals surface area contributed by atoms with Gasteiger partial charge in [-0.05, 0) is 17.6 Å². The summed E-state index contributed by atoms with van der Waals surface area (Å²) in [4.78, 5) is 25.9. The molecule has 1 atom stereocenters. The van der Waals surface area contributed by atoms with Gasteiger partial charge < -0.3 is 19.8 Å². The molecule has 1 aromatic rings. The minimum Gasteiger partial charge on any atom is -0.392 e. The highest BCUT2D eigenvalue weighted by Gasteiger charge is 2.31. The van der Waals surface area contributed by atoms with E-state index in [-0.39, 0.29) is 6.61 Å². The summed E-state index contributed by atoms with van der Waals surface area (Å²) in [6.45, 7) is -0.718. The van der Waals surface area contributed by atoms with Crippen molar-refractivity contribution in [2.75, 3.05) is 13.2 Å². The Morgan fingerprint density at radius 2 is 1.76 bits per heavy atom. The van der Waals surface area contributed by atoms with Gasteiger partial charge in [0.1, 0.15) is 0 Å². The molecule has 0 spiro atoms. The van der Waals surface area contributed by atoms with Gasteiger partial charge in [-0.2, -0.15) is 4.31 Å². The molecule has 0 fully saturated rings. The van der Waals surface area contributed by atoms with Crippen LogP contribution in [0, 0.1) is 0 Å². The summed E-state index contributed by atoms with van der Waals surface area (Å²) in [5.41, 5.74) is 1.45. The first-order chi connectivity index (χ1) is 9.72. The second-order valence-corrected chi connectivity index (χ2v) is 6.85. The monoisotopic (exact) mass is 338 g/mol. The maximum absolute atomic E-state index is 11.2. The SMILES string of the molecule is O=P(O)(O)OP(=O)(O)OC/C=C(/CO)Cc1ccccc1. The molecule has 0 aromatic heterocycles. The van der Waals surface area contributed by atoms with Crippen LogP contribution in [0.25, 0.3) is 0 Å². The molecule has 118 valence electrons. The van der Waals surface area contributed by atoms with Gasteiger partial charge in [0.25, 0.3) is 0 Å². The van der Waals surface area contributed by atoms with Crippen molar-refractivity contribution in [1.29, 1.82) is 0 Å². The van der Waals surface area contributed by atoms with Gasteiger partial charge in [0.15, 0.2) is 0 Å². The molecule has 1 aromatic carbocycles. The first-order valence-corrected chi connectivity index (χ1v) is 8.81. The molecule has 0 heterocycles. The van der Waals surface area contributed by atoms with E-state index in [1.807, 2.05) is 30.3 Å². The Morgan fingerprint density at radius 1 is 1.14 bits per heavy atom. The van der Waals surface area contributed by atoms with Crippen LogP contribution >= 0.6 is 15.6 Å². The maximum atomic E-state index is 11.2. The highest BCUT2D eigenvalue weighted by Crippen LogP contribution is 2.57. The van der Waals surface area contributed by atoms with Gasteiger partial charge in [-0.1, -0.05) is 36.4 Å². The van der Waals surface area contributed by atoms with Gasteiger partial charge in [-0.15, -0.1) is 0 Å². The number of aliphatic hydroxyl groups is 1. The molecule has 4 N–H and O–H groups in total. The lowest BCUT2D eigenvalue weighted by Gasteiger charge is -2.11. The summed E-state index contributed by atoms with van der Waals surface area (Å²) in [5.74, 6) is 0. The van der Waals surface area contributed by atoms with Crippen molar-refractivity contribution in [3.05, 3.63) is 47.5 Å². The van der Waals surface area contributed by atoms with E-state index < -0.39 is 22.3 Å². The maximum Gasteiger partial charge on any atom is 0.481 e. The number of phosphoric acid groups is 2. The number of benzene rings is 1. The number of rotatable bonds is 8. The van der Waals surface area contributed by atoms with Crippen LogP contribution in [0.4, 0.5) is 0 Å². The predicted octanol–water partition coefficient (Wildman–Crippen LogP) is 1.37. The Kier molecular flexibility index (Phi) is 6.93. The lowest BCUT2D eigenvalue weighted by atomic mass is 10.1. The lowest BCUT2D eigenvalue weighted by Crippen LogP contribution is -2.00. The Labute approximate surface area is 121 Å². The molecular weight excluding hydrogens is 322 g/mol. The van der Waals surface area contributed by atoms with E-state index >= 15 is 0 Å². The van der Waals surface area contributed by atoms with Crippen molar-refractivity contribution < 1.29 is 37.8 Å². The Hall–Kier alpha value is -0.820. The number of phosphoric ester groups is 1. The molecular formula is C11H16O8P2. The third-order valence-electron chi connectivity index (χ3n) is 2.30. The predicted molar refractivity (Wildman–Crippen MR) is 74.2 cm³/mol. The van der Waals surface area contributed by atoms with Crippen molar-refractivity contribution in [3.8, 4) is 0 Å². The fraction of sp³-hybridized carbons (Fsp3) is 0.273. The van der Waals surface area contributed by atoms with Crippen molar-refractivity contribution in [2.45, 2.75) is 6.42 Å². The van der Waals surface area contributed by atoms with Gasteiger partial charge in [-0.25, -0.2) is 9.13 Å². The third-order valence-corrected chi connectivity index (χ3v) is 4.45. The average molecular weight is 338 g/mol. The van der Waals surface area contributed by atoms with Crippen LogP contribution in [0.1, 0.15) is 5.56 Å². The van der Waals surface area contributed by atoms with Crippen molar-refractivity contribution in [3.63, 3.8) is 0 Å². The first kappa shape index (κ1) is 18.2. The molecule has 1 rings (SSSR count). The molecule has 10 heteroatoms. The minimum absolute atomic E-state index is 0.284. The Balaban J connectivity index is 2.57. The Bertz CT molecular complexity index is 565. The smallest absolute Gasteiger partial charge is 0.392 e. The summed E-state index contributed by atoms with van der Waals surface area (Å²) in [6, 6.07) is 9.19. The van der Waals surface area contributed by atoms with Gasteiger partial charge in [0, 0.05) is 0 Å². The topological polar surface area (TPSA) is 134 Å². The fourth-order valence-electron chi connectivity index (χ4n) is 1.46. The molecule has 21 heavy (non-hydrogen) atoms. The van der Waals surface area contributed by atoms with E-state index in [1.165, 1.54) is 6.08 Å². The zero-order valence-corrected chi connectivity index (χ0v) is 12.7. The number of aliphatic hydroxyl groups excluding tert-OH is 1. The molecule has 0 bridgehead atoms. The summed E-state index contributed by atoms with van der Waals surface area (Å²) in [5, 5.41) is 9.19. The van der Waals surface area contributed by atoms with E-state index in [0.29, 0.717) is 12.0 Å². The number of hydrogen-bond donors (Lipinski definition) is 4. The van der Waals surface area contributed by atoms with Crippen molar-refractivity contribution >= 4 is 15.6 Å². The third kappa shape index (κ3) is 8.26. The second-order valence-electron chi connectivity index (χ2n) is 4.02. The summed E-state index contributed by atoms with van der Waals surface area (Å²) in [7, 11) is -9.97. The van der Waals surface area contributed by atoms with Crippen LogP contribution in [0.5, 0.6) is 0 Å². The molecule has 0 saturated heterocycles. The zero-order chi connectivity index (χ0) is 15.9. The van der Waals surface area contributed by atoms with Crippen LogP contribution < -0.4 is 0 Å². The largest absolute Gasteiger partial charge is 0.481 e. The van der Waals surface area contributed by atoms with E-state index in [0.717, 1.165) is 5.56 Å². The van der Waals surface area contributed by atoms with E-state index in [2.05, 4.69) is 8.83 Å². The van der Waals surface area contributed by atoms with Gasteiger partial charge in [0.05, 0.1) is 13.2 Å². The summed E-state index contributed by atoms with van der Waals surface area (Å²) >= 11 is 0. The molecule has 0 saturated carbocycles. The standard InChI is InChI=1S/C11H16O8P2/c12-9-11(8-10-4-2-1-3-5-10)6-7-18-21(16,17)19-20(13,14)15/h1-6,12H,7-9H2,(H,16,17)(H2,13,14,15)/b11-6+. The van der Waals surface area contributed by atoms with Crippen molar-refractivity contribution in [2.24, 2.45) is 0 Å². The van der Waals surface area contributed by atoms with Crippen LogP contribution in [0.2, 0.25) is 0 Å². The quantitative estimate of drug-likeness (QED) is 0.412. The Morgan fingerprint density at radius 3 is 2.29 bits per heavy atom. The molecule has 1 unspecified atom stereocenters. The second kappa shape index (κ2) is 7.98. The zero-order valence-electron chi connectivity index (χ0n) is 10.9. The molecule has 0 aliphatic rings. The first-order valence-electron chi connectivity index (χ1n) is 5.79. The van der Waals surface area contributed by atoms with Crippen LogP contribution in [-0.2, 0) is 24.4 Å². The van der Waals surface area contributed by atoms with Gasteiger partial charge in [-0.3, -0.25) is 4.52 Å². The van der Waals surface area contributed by atoms with Crippen molar-refractivity contribution in [1.82, 2.24) is 0 Å². The highest BCUT2D eigenvalue weighted by molar-refractivity contribution is 7.60.